The molecule has 29 heavy (non-hydrogen) atoms. The highest BCUT2D eigenvalue weighted by molar-refractivity contribution is 9.26. The summed E-state index contributed by atoms with van der Waals surface area (Å²) in [4.78, 5) is 4.28. The zero-order chi connectivity index (χ0) is 21.6. The second kappa shape index (κ2) is 8.05. The molecule has 156 valence electrons. The van der Waals surface area contributed by atoms with Crippen LogP contribution in [0, 0.1) is 11.6 Å². The molecule has 0 spiro atoms. The van der Waals surface area contributed by atoms with Gasteiger partial charge in [0.1, 0.15) is 14.9 Å². The molecule has 2 atom stereocenters. The minimum absolute atomic E-state index is 0.00815. The zero-order valence-electron chi connectivity index (χ0n) is 14.0. The van der Waals surface area contributed by atoms with E-state index in [2.05, 4.69) is 41.0 Å². The molecular formula is C17H10Br2F5NO3S. The average molecular weight is 563 g/mol. The normalized spacial score (nSPS) is 19.7. The van der Waals surface area contributed by atoms with Crippen LogP contribution in [0.25, 0.3) is 0 Å². The second-order valence-electron chi connectivity index (χ2n) is 6.05. The summed E-state index contributed by atoms with van der Waals surface area (Å²) < 4.78 is 90.7. The highest BCUT2D eigenvalue weighted by Crippen LogP contribution is 2.48. The fourth-order valence-corrected chi connectivity index (χ4v) is 4.43. The van der Waals surface area contributed by atoms with E-state index in [9.17, 15) is 26.2 Å². The summed E-state index contributed by atoms with van der Waals surface area (Å²) >= 11 is 3.64. The maximum Gasteiger partial charge on any atom is 0.420 e. The van der Waals surface area contributed by atoms with Crippen LogP contribution in [0.15, 0.2) is 41.4 Å². The smallest absolute Gasteiger partial charge is 0.379 e. The van der Waals surface area contributed by atoms with Crippen LogP contribution in [-0.2, 0) is 17.5 Å². The van der Waals surface area contributed by atoms with Gasteiger partial charge in [-0.25, -0.2) is 8.78 Å². The van der Waals surface area contributed by atoms with Gasteiger partial charge < -0.3 is 4.18 Å². The molecule has 4 nitrogen and oxygen atoms in total. The minimum Gasteiger partial charge on any atom is -0.379 e. The van der Waals surface area contributed by atoms with E-state index in [4.69, 9.17) is 4.55 Å². The van der Waals surface area contributed by atoms with E-state index in [1.54, 1.807) is 0 Å². The Labute approximate surface area is 180 Å². The Kier molecular flexibility index (Phi) is 6.19. The molecule has 0 bridgehead atoms. The van der Waals surface area contributed by atoms with Gasteiger partial charge in [-0.2, -0.15) is 17.4 Å². The molecule has 2 aromatic carbocycles. The molecule has 1 aliphatic rings. The van der Waals surface area contributed by atoms with Crippen molar-refractivity contribution < 1.29 is 34.9 Å². The molecule has 0 amide bonds. The summed E-state index contributed by atoms with van der Waals surface area (Å²) in [5, 5.41) is 0. The van der Waals surface area contributed by atoms with E-state index in [1.807, 2.05) is 0 Å². The lowest BCUT2D eigenvalue weighted by Crippen LogP contribution is -2.23. The lowest BCUT2D eigenvalue weighted by atomic mass is 10.0. The average Bonchev–Trinajstić information content (AvgIpc) is 2.88. The summed E-state index contributed by atoms with van der Waals surface area (Å²) in [5.41, 5.74) is -1.42. The third kappa shape index (κ3) is 4.70. The van der Waals surface area contributed by atoms with Crippen molar-refractivity contribution in [2.45, 2.75) is 21.9 Å². The van der Waals surface area contributed by atoms with Crippen LogP contribution in [0.3, 0.4) is 0 Å². The van der Waals surface area contributed by atoms with Gasteiger partial charge >= 0.3 is 17.5 Å². The highest BCUT2D eigenvalue weighted by atomic mass is 79.9. The summed E-state index contributed by atoms with van der Waals surface area (Å²) in [6.07, 6.45) is -4.72. The van der Waals surface area contributed by atoms with Crippen LogP contribution in [-0.4, -0.2) is 17.7 Å². The topological polar surface area (TPSA) is 58.9 Å². The Bertz CT molecular complexity index is 993. The van der Waals surface area contributed by atoms with Gasteiger partial charge in [0.25, 0.3) is 0 Å². The SMILES string of the molecule is O=S(O)Oc1cc([C@H]2CC(Br)(Br)C(c3c(F)cccc3F)=N2)ccc1C(F)(F)F. The molecule has 0 aliphatic carbocycles. The van der Waals surface area contributed by atoms with Crippen LogP contribution in [0.2, 0.25) is 0 Å². The Morgan fingerprint density at radius 2 is 1.79 bits per heavy atom. The Hall–Kier alpha value is -1.37. The van der Waals surface area contributed by atoms with Crippen molar-refractivity contribution >= 4 is 48.9 Å². The molecule has 1 heterocycles. The first-order valence-corrected chi connectivity index (χ1v) is 10.4. The molecule has 1 aliphatic heterocycles. The lowest BCUT2D eigenvalue weighted by molar-refractivity contribution is -0.138. The number of alkyl halides is 5. The lowest BCUT2D eigenvalue weighted by Gasteiger charge is -2.18. The summed E-state index contributed by atoms with van der Waals surface area (Å²) in [5.74, 6) is -2.55. The number of rotatable bonds is 4. The molecule has 1 N–H and O–H groups in total. The van der Waals surface area contributed by atoms with Gasteiger partial charge in [-0.1, -0.05) is 44.0 Å². The van der Waals surface area contributed by atoms with Crippen LogP contribution < -0.4 is 4.18 Å². The van der Waals surface area contributed by atoms with Crippen molar-refractivity contribution in [3.05, 3.63) is 64.7 Å². The third-order valence-electron chi connectivity index (χ3n) is 4.14. The quantitative estimate of drug-likeness (QED) is 0.286. The standard InChI is InChI=1S/C17H10Br2F5NO3S/c18-16(19)7-12(25-15(16)14-10(20)2-1-3-11(14)21)8-4-5-9(17(22,23)24)13(6-8)28-29(26)27/h1-6,12H,7H2,(H,26,27)/t12-/m1/s1. The third-order valence-corrected chi connectivity index (χ3v) is 5.86. The van der Waals surface area contributed by atoms with Crippen molar-refractivity contribution in [1.82, 2.24) is 0 Å². The van der Waals surface area contributed by atoms with Crippen molar-refractivity contribution in [3.63, 3.8) is 0 Å². The predicted octanol–water partition coefficient (Wildman–Crippen LogP) is 5.92. The van der Waals surface area contributed by atoms with E-state index in [1.165, 1.54) is 6.07 Å². The van der Waals surface area contributed by atoms with E-state index < -0.39 is 49.8 Å². The Morgan fingerprint density at radius 3 is 2.34 bits per heavy atom. The molecular weight excluding hydrogens is 553 g/mol. The first-order valence-electron chi connectivity index (χ1n) is 7.81. The number of aliphatic imine (C=N–C) groups is 1. The second-order valence-corrected chi connectivity index (χ2v) is 10.4. The molecule has 0 fully saturated rings. The summed E-state index contributed by atoms with van der Waals surface area (Å²) in [6.45, 7) is 0. The minimum atomic E-state index is -4.82. The maximum atomic E-state index is 14.2. The molecule has 0 saturated heterocycles. The van der Waals surface area contributed by atoms with Gasteiger partial charge in [0.2, 0.25) is 0 Å². The van der Waals surface area contributed by atoms with Crippen molar-refractivity contribution in [2.24, 2.45) is 4.99 Å². The number of nitrogens with zero attached hydrogens (tertiary/aromatic N) is 1. The fraction of sp³-hybridized carbons (Fsp3) is 0.235. The van der Waals surface area contributed by atoms with Crippen molar-refractivity contribution in [3.8, 4) is 5.75 Å². The molecule has 12 heteroatoms. The monoisotopic (exact) mass is 561 g/mol. The number of benzene rings is 2. The Balaban J connectivity index is 2.07. The van der Waals surface area contributed by atoms with Crippen LogP contribution >= 0.6 is 31.9 Å². The van der Waals surface area contributed by atoms with E-state index in [0.29, 0.717) is 6.07 Å². The van der Waals surface area contributed by atoms with E-state index in [-0.39, 0.29) is 23.3 Å². The Morgan fingerprint density at radius 1 is 1.17 bits per heavy atom. The largest absolute Gasteiger partial charge is 0.420 e. The predicted molar refractivity (Wildman–Crippen MR) is 104 cm³/mol. The van der Waals surface area contributed by atoms with E-state index >= 15 is 0 Å². The zero-order valence-corrected chi connectivity index (χ0v) is 18.0. The van der Waals surface area contributed by atoms with Gasteiger partial charge in [0.15, 0.2) is 5.75 Å². The number of hydrogen-bond donors (Lipinski definition) is 1. The van der Waals surface area contributed by atoms with Gasteiger partial charge in [-0.3, -0.25) is 9.55 Å². The fourth-order valence-electron chi connectivity index (χ4n) is 2.93. The maximum absolute atomic E-state index is 14.2. The molecule has 1 unspecified atom stereocenters. The number of halogens is 7. The molecule has 3 rings (SSSR count). The summed E-state index contributed by atoms with van der Waals surface area (Å²) in [7, 11) is 0. The van der Waals surface area contributed by atoms with E-state index in [0.717, 1.165) is 24.3 Å². The van der Waals surface area contributed by atoms with Gasteiger partial charge in [-0.05, 0) is 29.8 Å². The van der Waals surface area contributed by atoms with Crippen molar-refractivity contribution in [1.29, 1.82) is 0 Å². The van der Waals surface area contributed by atoms with Crippen LogP contribution in [0.5, 0.6) is 5.75 Å². The first-order chi connectivity index (χ1) is 13.4. The molecule has 2 aromatic rings. The highest BCUT2D eigenvalue weighted by Gasteiger charge is 2.43. The molecule has 0 saturated carbocycles. The van der Waals surface area contributed by atoms with Crippen molar-refractivity contribution in [2.75, 3.05) is 0 Å². The van der Waals surface area contributed by atoms with Gasteiger partial charge in [0, 0.05) is 6.42 Å². The first kappa shape index (κ1) is 22.3. The summed E-state index contributed by atoms with van der Waals surface area (Å²) in [6, 6.07) is 5.26. The van der Waals surface area contributed by atoms with Gasteiger partial charge in [-0.15, -0.1) is 0 Å². The van der Waals surface area contributed by atoms with Crippen LogP contribution in [0.1, 0.15) is 29.2 Å². The molecule has 0 radical (unpaired) electrons. The van der Waals surface area contributed by atoms with Gasteiger partial charge in [0.05, 0.1) is 22.9 Å². The molecule has 0 aromatic heterocycles. The number of hydrogen-bond acceptors (Lipinski definition) is 3. The van der Waals surface area contributed by atoms with Crippen LogP contribution in [0.4, 0.5) is 22.0 Å².